The van der Waals surface area contributed by atoms with Crippen molar-refractivity contribution in [1.29, 1.82) is 0 Å². The van der Waals surface area contributed by atoms with Crippen molar-refractivity contribution in [2.45, 2.75) is 20.0 Å². The van der Waals surface area contributed by atoms with Crippen LogP contribution in [0.15, 0.2) is 11.8 Å². The lowest BCUT2D eigenvalue weighted by Crippen LogP contribution is -2.40. The van der Waals surface area contributed by atoms with E-state index in [9.17, 15) is 22.8 Å². The van der Waals surface area contributed by atoms with Crippen LogP contribution in [0.1, 0.15) is 13.8 Å². The Hall–Kier alpha value is -1.37. The van der Waals surface area contributed by atoms with E-state index >= 15 is 0 Å². The zero-order valence-electron chi connectivity index (χ0n) is 7.55. The van der Waals surface area contributed by atoms with Gasteiger partial charge in [-0.3, -0.25) is 9.59 Å². The van der Waals surface area contributed by atoms with E-state index in [1.165, 1.54) is 0 Å². The Balaban J connectivity index is 5.13. The number of carbonyl (C=O) groups is 2. The van der Waals surface area contributed by atoms with Crippen LogP contribution in [0.3, 0.4) is 0 Å². The molecule has 0 bridgehead atoms. The van der Waals surface area contributed by atoms with Crippen LogP contribution < -0.4 is 5.84 Å². The number of ketones is 1. The molecule has 0 aromatic heterocycles. The van der Waals surface area contributed by atoms with Gasteiger partial charge in [-0.1, -0.05) is 0 Å². The highest BCUT2D eigenvalue weighted by atomic mass is 19.4. The molecule has 0 spiro atoms. The Labute approximate surface area is 78.1 Å². The van der Waals surface area contributed by atoms with Gasteiger partial charge in [0.15, 0.2) is 5.78 Å². The van der Waals surface area contributed by atoms with Gasteiger partial charge in [-0.05, 0) is 6.92 Å². The standard InChI is InChI=1S/C7H9F3N2O2/c1-4(13)3-6(7(8,9)10)12(11)5(2)14/h3H,11H2,1-2H3/b6-3-. The Morgan fingerprint density at radius 2 is 1.71 bits per heavy atom. The lowest BCUT2D eigenvalue weighted by atomic mass is 10.3. The number of halogens is 3. The largest absolute Gasteiger partial charge is 0.433 e. The fraction of sp³-hybridized carbons (Fsp3) is 0.429. The van der Waals surface area contributed by atoms with Crippen molar-refractivity contribution in [3.63, 3.8) is 0 Å². The number of nitrogens with two attached hydrogens (primary N) is 1. The summed E-state index contributed by atoms with van der Waals surface area (Å²) in [5.74, 6) is 2.99. The van der Waals surface area contributed by atoms with Gasteiger partial charge in [0, 0.05) is 13.0 Å². The highest BCUT2D eigenvalue weighted by Crippen LogP contribution is 2.26. The second kappa shape index (κ2) is 4.23. The van der Waals surface area contributed by atoms with Gasteiger partial charge in [-0.25, -0.2) is 10.9 Å². The van der Waals surface area contributed by atoms with Crippen LogP contribution >= 0.6 is 0 Å². The van der Waals surface area contributed by atoms with Gasteiger partial charge in [0.05, 0.1) is 0 Å². The maximum absolute atomic E-state index is 12.2. The Bertz CT molecular complexity index is 283. The van der Waals surface area contributed by atoms with E-state index < -0.39 is 23.6 Å². The summed E-state index contributed by atoms with van der Waals surface area (Å²) in [5.41, 5.74) is -1.47. The summed E-state index contributed by atoms with van der Waals surface area (Å²) in [6.45, 7) is 1.79. The predicted octanol–water partition coefficient (Wildman–Crippen LogP) is 0.744. The summed E-state index contributed by atoms with van der Waals surface area (Å²) in [6, 6.07) is 0. The molecule has 0 radical (unpaired) electrons. The van der Waals surface area contributed by atoms with Crippen molar-refractivity contribution in [3.05, 3.63) is 11.8 Å². The number of carbonyl (C=O) groups excluding carboxylic acids is 2. The molecule has 0 aliphatic carbocycles. The van der Waals surface area contributed by atoms with E-state index in [2.05, 4.69) is 0 Å². The molecule has 0 aromatic carbocycles. The van der Waals surface area contributed by atoms with Crippen molar-refractivity contribution in [3.8, 4) is 0 Å². The number of alkyl halides is 3. The third-order valence-corrected chi connectivity index (χ3v) is 1.23. The fourth-order valence-corrected chi connectivity index (χ4v) is 0.650. The molecule has 0 fully saturated rings. The minimum Gasteiger partial charge on any atom is -0.295 e. The number of hydrogen-bond acceptors (Lipinski definition) is 3. The minimum atomic E-state index is -4.83. The quantitative estimate of drug-likeness (QED) is 0.316. The molecule has 14 heavy (non-hydrogen) atoms. The molecule has 0 rings (SSSR count). The van der Waals surface area contributed by atoms with Gasteiger partial charge in [0.2, 0.25) is 5.91 Å². The predicted molar refractivity (Wildman–Crippen MR) is 41.5 cm³/mol. The molecular formula is C7H9F3N2O2. The lowest BCUT2D eigenvalue weighted by Gasteiger charge is -2.20. The first-order valence-electron chi connectivity index (χ1n) is 3.51. The summed E-state index contributed by atoms with van der Waals surface area (Å²) in [7, 11) is 0. The number of hydrogen-bond donors (Lipinski definition) is 1. The normalized spacial score (nSPS) is 12.6. The molecule has 4 nitrogen and oxygen atoms in total. The Morgan fingerprint density at radius 1 is 1.29 bits per heavy atom. The first kappa shape index (κ1) is 12.6. The fourth-order valence-electron chi connectivity index (χ4n) is 0.650. The summed E-state index contributed by atoms with van der Waals surface area (Å²) < 4.78 is 36.6. The van der Waals surface area contributed by atoms with Crippen molar-refractivity contribution < 1.29 is 22.8 Å². The average Bonchev–Trinajstić information content (AvgIpc) is 1.96. The topological polar surface area (TPSA) is 63.4 Å². The maximum Gasteiger partial charge on any atom is 0.433 e. The SMILES string of the molecule is CC(=O)/C=C(\N(N)C(C)=O)C(F)(F)F. The molecule has 2 N–H and O–H groups in total. The van der Waals surface area contributed by atoms with Gasteiger partial charge in [0.25, 0.3) is 0 Å². The first-order valence-corrected chi connectivity index (χ1v) is 3.51. The van der Waals surface area contributed by atoms with Gasteiger partial charge in [0.1, 0.15) is 5.70 Å². The second-order valence-corrected chi connectivity index (χ2v) is 2.53. The Kier molecular flexibility index (Phi) is 3.81. The van der Waals surface area contributed by atoms with Crippen LogP contribution in [-0.2, 0) is 9.59 Å². The van der Waals surface area contributed by atoms with E-state index in [1.54, 1.807) is 0 Å². The van der Waals surface area contributed by atoms with E-state index in [1.807, 2.05) is 0 Å². The van der Waals surface area contributed by atoms with Gasteiger partial charge in [-0.15, -0.1) is 0 Å². The van der Waals surface area contributed by atoms with Crippen LogP contribution in [-0.4, -0.2) is 22.9 Å². The zero-order chi connectivity index (χ0) is 11.5. The second-order valence-electron chi connectivity index (χ2n) is 2.53. The molecule has 0 aliphatic rings. The molecule has 0 atom stereocenters. The van der Waals surface area contributed by atoms with Crippen LogP contribution in [0, 0.1) is 0 Å². The highest BCUT2D eigenvalue weighted by Gasteiger charge is 2.38. The molecule has 7 heteroatoms. The van der Waals surface area contributed by atoms with Gasteiger partial charge in [-0.2, -0.15) is 13.2 Å². The summed E-state index contributed by atoms with van der Waals surface area (Å²) in [6.07, 6.45) is -4.56. The summed E-state index contributed by atoms with van der Waals surface area (Å²) >= 11 is 0. The number of amides is 1. The van der Waals surface area contributed by atoms with E-state index in [-0.39, 0.29) is 11.1 Å². The summed E-state index contributed by atoms with van der Waals surface area (Å²) in [4.78, 5) is 21.0. The van der Waals surface area contributed by atoms with Crippen molar-refractivity contribution >= 4 is 11.7 Å². The third kappa shape index (κ3) is 3.56. The molecule has 0 saturated heterocycles. The molecular weight excluding hydrogens is 201 g/mol. The smallest absolute Gasteiger partial charge is 0.295 e. The number of rotatable bonds is 2. The zero-order valence-corrected chi connectivity index (χ0v) is 7.55. The van der Waals surface area contributed by atoms with Crippen LogP contribution in [0.4, 0.5) is 13.2 Å². The van der Waals surface area contributed by atoms with Crippen LogP contribution in [0.25, 0.3) is 0 Å². The van der Waals surface area contributed by atoms with Crippen LogP contribution in [0.5, 0.6) is 0 Å². The van der Waals surface area contributed by atoms with Gasteiger partial charge >= 0.3 is 6.18 Å². The first-order chi connectivity index (χ1) is 6.16. The third-order valence-electron chi connectivity index (χ3n) is 1.23. The van der Waals surface area contributed by atoms with E-state index in [4.69, 9.17) is 5.84 Å². The molecule has 0 saturated carbocycles. The number of allylic oxidation sites excluding steroid dienone is 2. The van der Waals surface area contributed by atoms with E-state index in [0.717, 1.165) is 13.8 Å². The average molecular weight is 210 g/mol. The highest BCUT2D eigenvalue weighted by molar-refractivity contribution is 5.89. The molecule has 0 heterocycles. The number of hydrazine groups is 1. The van der Waals surface area contributed by atoms with Crippen molar-refractivity contribution in [2.75, 3.05) is 0 Å². The molecule has 80 valence electrons. The van der Waals surface area contributed by atoms with Gasteiger partial charge < -0.3 is 0 Å². The maximum atomic E-state index is 12.2. The monoisotopic (exact) mass is 210 g/mol. The Morgan fingerprint density at radius 3 is 1.93 bits per heavy atom. The number of nitrogens with zero attached hydrogens (tertiary/aromatic N) is 1. The minimum absolute atomic E-state index is 0.110. The molecule has 0 aliphatic heterocycles. The van der Waals surface area contributed by atoms with Crippen molar-refractivity contribution in [2.24, 2.45) is 5.84 Å². The molecule has 0 aromatic rings. The van der Waals surface area contributed by atoms with Crippen molar-refractivity contribution in [1.82, 2.24) is 5.01 Å². The van der Waals surface area contributed by atoms with E-state index in [0.29, 0.717) is 0 Å². The van der Waals surface area contributed by atoms with Crippen LogP contribution in [0.2, 0.25) is 0 Å². The molecule has 1 amide bonds. The lowest BCUT2D eigenvalue weighted by molar-refractivity contribution is -0.141. The molecule has 0 unspecified atom stereocenters. The summed E-state index contributed by atoms with van der Waals surface area (Å²) in [5, 5.41) is -0.110.